The number of carboxylic acid groups (broad SMARTS) is 2. The predicted octanol–water partition coefficient (Wildman–Crippen LogP) is 9.09. The molecule has 0 aromatic heterocycles. The number of para-hydroxylation sites is 1. The lowest BCUT2D eigenvalue weighted by Gasteiger charge is -2.23. The molecule has 5 aromatic carbocycles. The van der Waals surface area contributed by atoms with Gasteiger partial charge in [0.2, 0.25) is 6.08 Å². The number of carbonyl (C=O) groups excluding carboxylic acids is 2. The molecule has 1 saturated carbocycles. The number of aryl methyl sites for hydroxylation is 1. The lowest BCUT2D eigenvalue weighted by molar-refractivity contribution is 0.0695. The van der Waals surface area contributed by atoms with Gasteiger partial charge in [0.25, 0.3) is 0 Å². The summed E-state index contributed by atoms with van der Waals surface area (Å²) in [4.78, 5) is 54.3. The molecule has 0 unspecified atom stereocenters. The summed E-state index contributed by atoms with van der Waals surface area (Å²) in [6, 6.07) is 30.9. The van der Waals surface area contributed by atoms with Crippen LogP contribution in [-0.4, -0.2) is 40.2 Å². The second-order valence-corrected chi connectivity index (χ2v) is 15.1. The highest BCUT2D eigenvalue weighted by atomic mass is 16.4. The summed E-state index contributed by atoms with van der Waals surface area (Å²) < 4.78 is 0. The molecule has 5 aromatic rings. The molecule has 9 nitrogen and oxygen atoms in total. The van der Waals surface area contributed by atoms with Gasteiger partial charge in [-0.25, -0.2) is 14.4 Å². The fourth-order valence-corrected chi connectivity index (χ4v) is 8.45. The Bertz CT molecular complexity index is 2790. The number of carbonyl (C=O) groups is 3. The van der Waals surface area contributed by atoms with Crippen LogP contribution in [0.5, 0.6) is 0 Å². The number of hydrogen-bond acceptors (Lipinski definition) is 7. The first kappa shape index (κ1) is 40.2. The summed E-state index contributed by atoms with van der Waals surface area (Å²) in [5.41, 5.74) is 8.47. The van der Waals surface area contributed by atoms with Crippen molar-refractivity contribution >= 4 is 53.0 Å². The van der Waals surface area contributed by atoms with Crippen molar-refractivity contribution in [1.29, 1.82) is 0 Å². The molecule has 59 heavy (non-hydrogen) atoms. The molecule has 0 radical (unpaired) electrons. The SMILES string of the molecule is C1=CNc2ccccc2C=N1.Cc1ccc(C(=O)O)cc1C(=O)O.O=C=Nc1cc(C2CCCCC2)ccc1C(=O)C1=c2ccc3c(c2CCC1)CC=c1ccccc1=3. The quantitative estimate of drug-likeness (QED) is 0.0885. The van der Waals surface area contributed by atoms with Gasteiger partial charge in [-0.15, -0.1) is 0 Å². The van der Waals surface area contributed by atoms with Gasteiger partial charge in [-0.2, -0.15) is 4.99 Å². The fraction of sp³-hybridized carbons (Fsp3) is 0.220. The van der Waals surface area contributed by atoms with Gasteiger partial charge in [0.15, 0.2) is 5.78 Å². The van der Waals surface area contributed by atoms with Crippen LogP contribution >= 0.6 is 0 Å². The molecular weight excluding hydrogens is 739 g/mol. The van der Waals surface area contributed by atoms with Crippen LogP contribution in [0.3, 0.4) is 0 Å². The zero-order chi connectivity index (χ0) is 41.3. The Hall–Kier alpha value is -6.96. The van der Waals surface area contributed by atoms with Gasteiger partial charge in [-0.1, -0.05) is 92.1 Å². The molecule has 1 aliphatic heterocycles. The van der Waals surface area contributed by atoms with Gasteiger partial charge < -0.3 is 15.5 Å². The number of isocyanates is 1. The first-order valence-electron chi connectivity index (χ1n) is 20.0. The van der Waals surface area contributed by atoms with E-state index in [1.54, 1.807) is 19.2 Å². The summed E-state index contributed by atoms with van der Waals surface area (Å²) in [5, 5.41) is 25.3. The topological polar surface area (TPSA) is 145 Å². The maximum Gasteiger partial charge on any atom is 0.335 e. The molecule has 0 bridgehead atoms. The summed E-state index contributed by atoms with van der Waals surface area (Å²) in [5.74, 6) is -1.75. The predicted molar refractivity (Wildman–Crippen MR) is 231 cm³/mol. The number of nitrogens with zero attached hydrogens (tertiary/aromatic N) is 2. The average Bonchev–Trinajstić information content (AvgIpc) is 3.52. The highest BCUT2D eigenvalue weighted by Gasteiger charge is 2.24. The number of aromatic carboxylic acids is 2. The number of hydrogen-bond donors (Lipinski definition) is 3. The minimum atomic E-state index is -1.12. The van der Waals surface area contributed by atoms with E-state index in [4.69, 9.17) is 10.2 Å². The zero-order valence-electron chi connectivity index (χ0n) is 32.9. The van der Waals surface area contributed by atoms with Gasteiger partial charge >= 0.3 is 11.9 Å². The Morgan fingerprint density at radius 3 is 2.34 bits per heavy atom. The summed E-state index contributed by atoms with van der Waals surface area (Å²) >= 11 is 0. The van der Waals surface area contributed by atoms with Crippen LogP contribution in [0.25, 0.3) is 11.6 Å². The van der Waals surface area contributed by atoms with Gasteiger partial charge in [-0.3, -0.25) is 9.79 Å². The number of ketones is 1. The van der Waals surface area contributed by atoms with Gasteiger partial charge in [0.05, 0.1) is 16.8 Å². The second kappa shape index (κ2) is 18.5. The molecule has 296 valence electrons. The summed E-state index contributed by atoms with van der Waals surface area (Å²) in [6.07, 6.45) is 19.1. The molecule has 4 aliphatic rings. The van der Waals surface area contributed by atoms with E-state index >= 15 is 0 Å². The van der Waals surface area contributed by atoms with E-state index < -0.39 is 11.9 Å². The van der Waals surface area contributed by atoms with Crippen LogP contribution in [0.2, 0.25) is 0 Å². The summed E-state index contributed by atoms with van der Waals surface area (Å²) in [6.45, 7) is 1.62. The van der Waals surface area contributed by atoms with E-state index in [-0.39, 0.29) is 16.9 Å². The minimum absolute atomic E-state index is 0.00437. The van der Waals surface area contributed by atoms with Crippen molar-refractivity contribution in [3.63, 3.8) is 0 Å². The van der Waals surface area contributed by atoms with Crippen LogP contribution in [0.1, 0.15) is 110 Å². The molecule has 3 aliphatic carbocycles. The Morgan fingerprint density at radius 1 is 0.763 bits per heavy atom. The van der Waals surface area contributed by atoms with Crippen molar-refractivity contribution < 1.29 is 29.4 Å². The third kappa shape index (κ3) is 9.12. The molecule has 0 spiro atoms. The number of carboxylic acids is 2. The number of aliphatic imine (C=N–C) groups is 2. The molecule has 3 N–H and O–H groups in total. The molecule has 9 heteroatoms. The highest BCUT2D eigenvalue weighted by molar-refractivity contribution is 6.26. The fourth-order valence-electron chi connectivity index (χ4n) is 8.45. The molecule has 0 saturated heterocycles. The van der Waals surface area contributed by atoms with Crippen molar-refractivity contribution in [1.82, 2.24) is 0 Å². The normalized spacial score (nSPS) is 14.6. The first-order valence-corrected chi connectivity index (χ1v) is 20.0. The molecule has 9 rings (SSSR count). The molecule has 1 fully saturated rings. The van der Waals surface area contributed by atoms with Crippen LogP contribution < -0.4 is 15.8 Å². The zero-order valence-corrected chi connectivity index (χ0v) is 32.9. The number of nitrogens with one attached hydrogen (secondary N) is 1. The van der Waals surface area contributed by atoms with Gasteiger partial charge in [0.1, 0.15) is 0 Å². The molecule has 1 heterocycles. The number of fused-ring (bicyclic) bond motifs is 5. The van der Waals surface area contributed by atoms with E-state index in [9.17, 15) is 19.2 Å². The van der Waals surface area contributed by atoms with E-state index in [0.29, 0.717) is 22.7 Å². The van der Waals surface area contributed by atoms with Crippen molar-refractivity contribution in [3.05, 3.63) is 175 Å². The van der Waals surface area contributed by atoms with Crippen LogP contribution in [0.15, 0.2) is 119 Å². The Balaban J connectivity index is 0.000000179. The van der Waals surface area contributed by atoms with Crippen LogP contribution in [0.4, 0.5) is 11.4 Å². The maximum absolute atomic E-state index is 13.9. The van der Waals surface area contributed by atoms with Crippen LogP contribution in [-0.2, 0) is 17.6 Å². The number of benzene rings is 5. The average molecular weight is 784 g/mol. The standard InChI is InChI=1S/C32H29NO2.C9H8N2.C9H8O4/c34-20-33-31-19-23(21-7-2-1-3-8-21)14-16-30(31)32(35)29-12-6-11-25-27-15-13-22-9-4-5-10-24(22)26(27)17-18-28(25)29;1-2-4-9-8(3-1)7-10-5-6-11-9;1-5-2-3-6(8(10)11)4-7(5)9(12)13/h4-5,9-10,13-14,16-19,21H,1-3,6-8,11-12,15H2;1-7,11H;2-4H,1H3,(H,10,11)(H,12,13). The van der Waals surface area contributed by atoms with Crippen molar-refractivity contribution in [2.24, 2.45) is 9.98 Å². The van der Waals surface area contributed by atoms with Crippen molar-refractivity contribution in [2.75, 3.05) is 5.32 Å². The lowest BCUT2D eigenvalue weighted by atomic mass is 9.82. The van der Waals surface area contributed by atoms with Gasteiger partial charge in [-0.05, 0) is 125 Å². The number of anilines is 1. The number of Topliss-reactive ketones (excluding diaryl/α,β-unsaturated/α-hetero) is 1. The second-order valence-electron chi connectivity index (χ2n) is 15.1. The summed E-state index contributed by atoms with van der Waals surface area (Å²) in [7, 11) is 0. The van der Waals surface area contributed by atoms with Crippen molar-refractivity contribution in [2.45, 2.75) is 70.6 Å². The third-order valence-corrected chi connectivity index (χ3v) is 11.5. The maximum atomic E-state index is 13.9. The van der Waals surface area contributed by atoms with Crippen molar-refractivity contribution in [3.8, 4) is 0 Å². The Kier molecular flexibility index (Phi) is 12.6. The Labute approximate surface area is 342 Å². The van der Waals surface area contributed by atoms with Crippen LogP contribution in [0, 0.1) is 17.4 Å². The van der Waals surface area contributed by atoms with E-state index in [0.717, 1.165) is 66.6 Å². The smallest absolute Gasteiger partial charge is 0.335 e. The molecule has 0 atom stereocenters. The Morgan fingerprint density at radius 2 is 1.54 bits per heavy atom. The van der Waals surface area contributed by atoms with E-state index in [2.05, 4.69) is 63.8 Å². The first-order chi connectivity index (χ1) is 28.7. The van der Waals surface area contributed by atoms with E-state index in [1.165, 1.54) is 63.7 Å². The van der Waals surface area contributed by atoms with Gasteiger partial charge in [0, 0.05) is 41.0 Å². The minimum Gasteiger partial charge on any atom is -0.478 e. The monoisotopic (exact) mass is 783 g/mol. The number of rotatable bonds is 6. The largest absolute Gasteiger partial charge is 0.478 e. The molecular formula is C50H45N3O6. The highest BCUT2D eigenvalue weighted by Crippen LogP contribution is 2.36. The molecule has 0 amide bonds. The lowest BCUT2D eigenvalue weighted by Crippen LogP contribution is -2.25. The third-order valence-electron chi connectivity index (χ3n) is 11.5. The van der Waals surface area contributed by atoms with E-state index in [1.807, 2.05) is 48.8 Å².